The minimum Gasteiger partial charge on any atom is -0.321 e. The van der Waals surface area contributed by atoms with Crippen molar-refractivity contribution in [1.82, 2.24) is 35.1 Å². The molecule has 8 heteroatoms. The highest BCUT2D eigenvalue weighted by Crippen LogP contribution is 2.32. The fourth-order valence-corrected chi connectivity index (χ4v) is 3.70. The molecule has 5 heterocycles. The van der Waals surface area contributed by atoms with Gasteiger partial charge in [0.1, 0.15) is 17.0 Å². The zero-order valence-corrected chi connectivity index (χ0v) is 16.0. The average Bonchev–Trinajstić information content (AvgIpc) is 3.43. The van der Waals surface area contributed by atoms with Gasteiger partial charge in [-0.15, -0.1) is 0 Å². The lowest BCUT2D eigenvalue weighted by Crippen LogP contribution is -1.87. The number of imidazole rings is 1. The summed E-state index contributed by atoms with van der Waals surface area (Å²) >= 11 is 0. The first-order valence-electron chi connectivity index (χ1n) is 9.62. The number of fused-ring (bicyclic) bond motifs is 2. The predicted octanol–water partition coefficient (Wildman–Crippen LogP) is 4.76. The van der Waals surface area contributed by atoms with Crippen LogP contribution in [0.1, 0.15) is 0 Å². The third-order valence-corrected chi connectivity index (χ3v) is 5.18. The summed E-state index contributed by atoms with van der Waals surface area (Å²) in [5, 5.41) is 8.18. The van der Waals surface area contributed by atoms with Gasteiger partial charge in [-0.05, 0) is 24.3 Å². The lowest BCUT2D eigenvalue weighted by atomic mass is 10.1. The van der Waals surface area contributed by atoms with E-state index in [-0.39, 0.29) is 5.82 Å². The van der Waals surface area contributed by atoms with Gasteiger partial charge >= 0.3 is 0 Å². The molecule has 7 nitrogen and oxygen atoms in total. The molecule has 6 aromatic rings. The standard InChI is InChI=1S/C23H14FN7/c24-18-6-2-1-5-15(18)16-7-9-26-22-19(16)28-23(29-22)20-17-10-14(12-27-21(17)31-30-20)13-4-3-8-25-11-13/h1-12H,(H,26,28,29)(H,27,30,31). The third kappa shape index (κ3) is 2.84. The smallest absolute Gasteiger partial charge is 0.161 e. The van der Waals surface area contributed by atoms with Crippen LogP contribution >= 0.6 is 0 Å². The van der Waals surface area contributed by atoms with Crippen LogP contribution in [0.2, 0.25) is 0 Å². The molecule has 0 aliphatic rings. The van der Waals surface area contributed by atoms with Crippen LogP contribution in [0.15, 0.2) is 73.3 Å². The summed E-state index contributed by atoms with van der Waals surface area (Å²) in [5.41, 5.74) is 5.41. The molecule has 0 saturated heterocycles. The Kier molecular flexibility index (Phi) is 3.82. The number of nitrogens with zero attached hydrogens (tertiary/aromatic N) is 5. The molecule has 148 valence electrons. The normalized spacial score (nSPS) is 11.4. The molecule has 0 radical (unpaired) electrons. The van der Waals surface area contributed by atoms with E-state index >= 15 is 0 Å². The molecule has 0 spiro atoms. The van der Waals surface area contributed by atoms with Crippen molar-refractivity contribution in [3.63, 3.8) is 0 Å². The van der Waals surface area contributed by atoms with E-state index in [4.69, 9.17) is 4.98 Å². The second-order valence-electron chi connectivity index (χ2n) is 7.06. The van der Waals surface area contributed by atoms with Crippen molar-refractivity contribution in [3.8, 4) is 33.8 Å². The van der Waals surface area contributed by atoms with Crippen LogP contribution in [0.25, 0.3) is 56.0 Å². The van der Waals surface area contributed by atoms with Crippen molar-refractivity contribution < 1.29 is 4.39 Å². The molecule has 0 aliphatic carbocycles. The lowest BCUT2D eigenvalue weighted by Gasteiger charge is -2.03. The summed E-state index contributed by atoms with van der Waals surface area (Å²) in [7, 11) is 0. The maximum atomic E-state index is 14.4. The first kappa shape index (κ1) is 17.4. The first-order valence-corrected chi connectivity index (χ1v) is 9.62. The minimum atomic E-state index is -0.310. The number of nitrogens with one attached hydrogen (secondary N) is 2. The molecule has 6 rings (SSSR count). The molecule has 1 aromatic carbocycles. The quantitative estimate of drug-likeness (QED) is 0.441. The van der Waals surface area contributed by atoms with Crippen molar-refractivity contribution in [2.45, 2.75) is 0 Å². The number of pyridine rings is 3. The van der Waals surface area contributed by atoms with Crippen molar-refractivity contribution in [2.24, 2.45) is 0 Å². The molecule has 2 N–H and O–H groups in total. The number of hydrogen-bond acceptors (Lipinski definition) is 5. The molecule has 0 aliphatic heterocycles. The zero-order chi connectivity index (χ0) is 20.8. The summed E-state index contributed by atoms with van der Waals surface area (Å²) in [6.45, 7) is 0. The van der Waals surface area contributed by atoms with E-state index in [0.29, 0.717) is 39.5 Å². The molecule has 31 heavy (non-hydrogen) atoms. The monoisotopic (exact) mass is 407 g/mol. The molecule has 5 aromatic heterocycles. The van der Waals surface area contributed by atoms with E-state index in [1.807, 2.05) is 18.2 Å². The molecule has 0 amide bonds. The Hall–Kier alpha value is -4.46. The summed E-state index contributed by atoms with van der Waals surface area (Å²) in [6, 6.07) is 14.2. The molecule has 0 unspecified atom stereocenters. The van der Waals surface area contributed by atoms with Crippen molar-refractivity contribution in [3.05, 3.63) is 79.1 Å². The number of halogens is 1. The van der Waals surface area contributed by atoms with Crippen LogP contribution in [0.3, 0.4) is 0 Å². The largest absolute Gasteiger partial charge is 0.321 e. The van der Waals surface area contributed by atoms with Crippen LogP contribution in [0, 0.1) is 5.82 Å². The number of rotatable bonds is 3. The third-order valence-electron chi connectivity index (χ3n) is 5.18. The van der Waals surface area contributed by atoms with Gasteiger partial charge in [-0.3, -0.25) is 10.1 Å². The number of hydrogen-bond donors (Lipinski definition) is 2. The highest BCUT2D eigenvalue weighted by molar-refractivity contribution is 5.96. The maximum absolute atomic E-state index is 14.4. The van der Waals surface area contributed by atoms with Gasteiger partial charge in [0.05, 0.1) is 5.39 Å². The van der Waals surface area contributed by atoms with Crippen molar-refractivity contribution in [1.29, 1.82) is 0 Å². The van der Waals surface area contributed by atoms with Gasteiger partial charge in [-0.25, -0.2) is 19.3 Å². The van der Waals surface area contributed by atoms with E-state index in [1.54, 1.807) is 49.1 Å². The summed E-state index contributed by atoms with van der Waals surface area (Å²) in [4.78, 5) is 21.0. The fourth-order valence-electron chi connectivity index (χ4n) is 3.70. The summed E-state index contributed by atoms with van der Waals surface area (Å²) in [5.74, 6) is 0.220. The molecular weight excluding hydrogens is 393 g/mol. The van der Waals surface area contributed by atoms with E-state index in [1.165, 1.54) is 6.07 Å². The number of H-pyrrole nitrogens is 2. The highest BCUT2D eigenvalue weighted by Gasteiger charge is 2.18. The molecule has 0 saturated carbocycles. The van der Waals surface area contributed by atoms with Gasteiger partial charge in [0.15, 0.2) is 17.1 Å². The van der Waals surface area contributed by atoms with E-state index in [9.17, 15) is 4.39 Å². The van der Waals surface area contributed by atoms with Crippen molar-refractivity contribution >= 4 is 22.2 Å². The van der Waals surface area contributed by atoms with E-state index < -0.39 is 0 Å². The van der Waals surface area contributed by atoms with Crippen LogP contribution in [0.4, 0.5) is 4.39 Å². The van der Waals surface area contributed by atoms with Gasteiger partial charge in [0.25, 0.3) is 0 Å². The Balaban J connectivity index is 1.53. The fraction of sp³-hybridized carbons (Fsp3) is 0. The summed E-state index contributed by atoms with van der Waals surface area (Å²) < 4.78 is 14.4. The Morgan fingerprint density at radius 1 is 0.806 bits per heavy atom. The lowest BCUT2D eigenvalue weighted by molar-refractivity contribution is 0.631. The van der Waals surface area contributed by atoms with Crippen LogP contribution in [0.5, 0.6) is 0 Å². The van der Waals surface area contributed by atoms with Gasteiger partial charge in [-0.2, -0.15) is 5.10 Å². The van der Waals surface area contributed by atoms with Gasteiger partial charge in [0, 0.05) is 47.0 Å². The predicted molar refractivity (Wildman–Crippen MR) is 115 cm³/mol. The second kappa shape index (κ2) is 6.81. The Morgan fingerprint density at radius 3 is 2.61 bits per heavy atom. The topological polar surface area (TPSA) is 96.0 Å². The number of benzene rings is 1. The van der Waals surface area contributed by atoms with Crippen LogP contribution in [-0.4, -0.2) is 35.1 Å². The summed E-state index contributed by atoms with van der Waals surface area (Å²) in [6.07, 6.45) is 6.93. The SMILES string of the molecule is Fc1ccccc1-c1ccnc2[nH]c(-c3n[nH]c4ncc(-c5cccnc5)cc34)nc12. The molecular formula is C23H14FN7. The first-order chi connectivity index (χ1) is 15.3. The Morgan fingerprint density at radius 2 is 1.74 bits per heavy atom. The molecule has 0 fully saturated rings. The average molecular weight is 407 g/mol. The zero-order valence-electron chi connectivity index (χ0n) is 16.0. The van der Waals surface area contributed by atoms with Crippen LogP contribution in [-0.2, 0) is 0 Å². The minimum absolute atomic E-state index is 0.310. The Bertz CT molecular complexity index is 1550. The Labute approximate surface area is 175 Å². The van der Waals surface area contributed by atoms with E-state index in [0.717, 1.165) is 16.5 Å². The second-order valence-corrected chi connectivity index (χ2v) is 7.06. The van der Waals surface area contributed by atoms with Crippen molar-refractivity contribution in [2.75, 3.05) is 0 Å². The number of aromatic nitrogens is 7. The highest BCUT2D eigenvalue weighted by atomic mass is 19.1. The van der Waals surface area contributed by atoms with Crippen LogP contribution < -0.4 is 0 Å². The van der Waals surface area contributed by atoms with Gasteiger partial charge in [0.2, 0.25) is 0 Å². The van der Waals surface area contributed by atoms with Gasteiger partial charge in [-0.1, -0.05) is 24.3 Å². The van der Waals surface area contributed by atoms with E-state index in [2.05, 4.69) is 30.1 Å². The number of aromatic amines is 2. The van der Waals surface area contributed by atoms with Gasteiger partial charge < -0.3 is 4.98 Å². The maximum Gasteiger partial charge on any atom is 0.161 e. The molecule has 0 atom stereocenters. The molecule has 0 bridgehead atoms.